The lowest BCUT2D eigenvalue weighted by molar-refractivity contribution is 0.0689. The highest BCUT2D eigenvalue weighted by atomic mass is 16.5. The quantitative estimate of drug-likeness (QED) is 0.339. The third-order valence-electron chi connectivity index (χ3n) is 3.57. The predicted octanol–water partition coefficient (Wildman–Crippen LogP) is 1.81. The van der Waals surface area contributed by atoms with Crippen molar-refractivity contribution in [2.24, 2.45) is 4.99 Å². The summed E-state index contributed by atoms with van der Waals surface area (Å²) in [6, 6.07) is 5.85. The van der Waals surface area contributed by atoms with Gasteiger partial charge in [-0.05, 0) is 30.5 Å². The van der Waals surface area contributed by atoms with E-state index in [1.165, 1.54) is 0 Å². The number of nitrogens with one attached hydrogen (secondary N) is 2. The lowest BCUT2D eigenvalue weighted by Crippen LogP contribution is -2.37. The number of hydrogen-bond donors (Lipinski definition) is 2. The van der Waals surface area contributed by atoms with Crippen molar-refractivity contribution in [2.75, 3.05) is 54.7 Å². The zero-order valence-corrected chi connectivity index (χ0v) is 15.8. The molecular weight excluding hydrogens is 322 g/mol. The number of methoxy groups -OCH3 is 3. The Bertz CT molecular complexity index is 509. The maximum absolute atomic E-state index is 5.43. The second kappa shape index (κ2) is 13.3. The molecule has 25 heavy (non-hydrogen) atoms. The Labute approximate surface area is 150 Å². The van der Waals surface area contributed by atoms with Gasteiger partial charge in [0.15, 0.2) is 17.5 Å². The van der Waals surface area contributed by atoms with Gasteiger partial charge in [0.2, 0.25) is 0 Å². The Kier molecular flexibility index (Phi) is 11.2. The molecule has 0 fully saturated rings. The molecule has 7 heteroatoms. The number of rotatable bonds is 12. The van der Waals surface area contributed by atoms with Crippen molar-refractivity contribution >= 4 is 5.96 Å². The summed E-state index contributed by atoms with van der Waals surface area (Å²) in [7, 11) is 6.70. The normalized spacial score (nSPS) is 11.3. The lowest BCUT2D eigenvalue weighted by Gasteiger charge is -2.13. The van der Waals surface area contributed by atoms with Crippen LogP contribution in [0.1, 0.15) is 18.4 Å². The molecule has 7 nitrogen and oxygen atoms in total. The third-order valence-corrected chi connectivity index (χ3v) is 3.57. The third kappa shape index (κ3) is 8.60. The topological polar surface area (TPSA) is 73.3 Å². The number of guanidine groups is 1. The standard InChI is InChI=1S/C18H31N3O4/c1-19-18(20-9-5-6-10-25-12-11-22-2)21-14-15-7-8-16(23-3)17(13-15)24-4/h7-8,13H,5-6,9-12,14H2,1-4H3,(H2,19,20,21). The summed E-state index contributed by atoms with van der Waals surface area (Å²) in [5, 5.41) is 6.58. The van der Waals surface area contributed by atoms with Gasteiger partial charge in [-0.15, -0.1) is 0 Å². The lowest BCUT2D eigenvalue weighted by atomic mass is 10.2. The van der Waals surface area contributed by atoms with Gasteiger partial charge in [-0.3, -0.25) is 4.99 Å². The van der Waals surface area contributed by atoms with Gasteiger partial charge in [-0.25, -0.2) is 0 Å². The van der Waals surface area contributed by atoms with Crippen molar-refractivity contribution in [1.82, 2.24) is 10.6 Å². The molecule has 1 aromatic carbocycles. The van der Waals surface area contributed by atoms with Crippen LogP contribution in [-0.4, -0.2) is 60.7 Å². The fourth-order valence-corrected chi connectivity index (χ4v) is 2.18. The molecule has 0 radical (unpaired) electrons. The van der Waals surface area contributed by atoms with Gasteiger partial charge >= 0.3 is 0 Å². The highest BCUT2D eigenvalue weighted by molar-refractivity contribution is 5.79. The van der Waals surface area contributed by atoms with Crippen LogP contribution in [0.2, 0.25) is 0 Å². The Morgan fingerprint density at radius 2 is 1.76 bits per heavy atom. The minimum atomic E-state index is 0.644. The summed E-state index contributed by atoms with van der Waals surface area (Å²) in [5.74, 6) is 2.22. The Hall–Kier alpha value is -1.99. The van der Waals surface area contributed by atoms with E-state index in [-0.39, 0.29) is 0 Å². The molecule has 0 aliphatic heterocycles. The molecule has 0 aliphatic rings. The predicted molar refractivity (Wildman–Crippen MR) is 99.7 cm³/mol. The summed E-state index contributed by atoms with van der Waals surface area (Å²) in [6.45, 7) is 3.55. The fourth-order valence-electron chi connectivity index (χ4n) is 2.18. The second-order valence-corrected chi connectivity index (χ2v) is 5.35. The molecule has 1 aromatic rings. The van der Waals surface area contributed by atoms with E-state index in [9.17, 15) is 0 Å². The Balaban J connectivity index is 2.26. The first-order valence-electron chi connectivity index (χ1n) is 8.47. The van der Waals surface area contributed by atoms with Crippen LogP contribution in [-0.2, 0) is 16.0 Å². The van der Waals surface area contributed by atoms with Gasteiger partial charge in [0.1, 0.15) is 0 Å². The van der Waals surface area contributed by atoms with Crippen molar-refractivity contribution in [3.05, 3.63) is 23.8 Å². The van der Waals surface area contributed by atoms with Gasteiger partial charge in [-0.1, -0.05) is 6.07 Å². The van der Waals surface area contributed by atoms with Crippen molar-refractivity contribution < 1.29 is 18.9 Å². The second-order valence-electron chi connectivity index (χ2n) is 5.35. The Morgan fingerprint density at radius 3 is 2.44 bits per heavy atom. The van der Waals surface area contributed by atoms with E-state index in [0.29, 0.717) is 19.8 Å². The van der Waals surface area contributed by atoms with Gasteiger partial charge in [0, 0.05) is 33.9 Å². The maximum Gasteiger partial charge on any atom is 0.191 e. The number of nitrogens with zero attached hydrogens (tertiary/aromatic N) is 1. The van der Waals surface area contributed by atoms with Crippen LogP contribution in [0.4, 0.5) is 0 Å². The average Bonchev–Trinajstić information content (AvgIpc) is 2.65. The van der Waals surface area contributed by atoms with Crippen molar-refractivity contribution in [3.63, 3.8) is 0 Å². The monoisotopic (exact) mass is 353 g/mol. The van der Waals surface area contributed by atoms with E-state index in [1.54, 1.807) is 28.4 Å². The molecule has 0 bridgehead atoms. The minimum Gasteiger partial charge on any atom is -0.493 e. The number of benzene rings is 1. The maximum atomic E-state index is 5.43. The van der Waals surface area contributed by atoms with Crippen LogP contribution in [0, 0.1) is 0 Å². The van der Waals surface area contributed by atoms with Gasteiger partial charge < -0.3 is 29.6 Å². The minimum absolute atomic E-state index is 0.644. The SMILES string of the molecule is CN=C(NCCCCOCCOC)NCc1ccc(OC)c(OC)c1. The first-order valence-corrected chi connectivity index (χ1v) is 8.47. The van der Waals surface area contributed by atoms with Crippen LogP contribution in [0.3, 0.4) is 0 Å². The highest BCUT2D eigenvalue weighted by Crippen LogP contribution is 2.27. The number of aliphatic imine (C=N–C) groups is 1. The molecule has 0 saturated carbocycles. The molecule has 0 spiro atoms. The summed E-state index contributed by atoms with van der Waals surface area (Å²) >= 11 is 0. The van der Waals surface area contributed by atoms with E-state index in [2.05, 4.69) is 15.6 Å². The van der Waals surface area contributed by atoms with Crippen molar-refractivity contribution in [3.8, 4) is 11.5 Å². The molecule has 0 heterocycles. The molecule has 0 amide bonds. The van der Waals surface area contributed by atoms with E-state index in [4.69, 9.17) is 18.9 Å². The molecule has 1 rings (SSSR count). The van der Waals surface area contributed by atoms with Crippen molar-refractivity contribution in [1.29, 1.82) is 0 Å². The molecule has 0 unspecified atom stereocenters. The molecule has 2 N–H and O–H groups in total. The van der Waals surface area contributed by atoms with Gasteiger partial charge in [-0.2, -0.15) is 0 Å². The summed E-state index contributed by atoms with van der Waals surface area (Å²) < 4.78 is 20.9. The van der Waals surface area contributed by atoms with E-state index >= 15 is 0 Å². The number of hydrogen-bond acceptors (Lipinski definition) is 5. The summed E-state index contributed by atoms with van der Waals surface area (Å²) in [6.07, 6.45) is 2.02. The van der Waals surface area contributed by atoms with Crippen LogP contribution < -0.4 is 20.1 Å². The van der Waals surface area contributed by atoms with Crippen LogP contribution >= 0.6 is 0 Å². The molecule has 0 atom stereocenters. The molecular formula is C18H31N3O4. The summed E-state index contributed by atoms with van der Waals surface area (Å²) in [4.78, 5) is 4.23. The van der Waals surface area contributed by atoms with Gasteiger partial charge in [0.25, 0.3) is 0 Å². The summed E-state index contributed by atoms with van der Waals surface area (Å²) in [5.41, 5.74) is 1.09. The zero-order chi connectivity index (χ0) is 18.3. The molecule has 0 saturated heterocycles. The van der Waals surface area contributed by atoms with Crippen LogP contribution in [0.15, 0.2) is 23.2 Å². The zero-order valence-electron chi connectivity index (χ0n) is 15.8. The molecule has 0 aromatic heterocycles. The first kappa shape index (κ1) is 21.1. The average molecular weight is 353 g/mol. The fraction of sp³-hybridized carbons (Fsp3) is 0.611. The largest absolute Gasteiger partial charge is 0.493 e. The van der Waals surface area contributed by atoms with Crippen LogP contribution in [0.5, 0.6) is 11.5 Å². The first-order chi connectivity index (χ1) is 12.2. The number of ether oxygens (including phenoxy) is 4. The number of unbranched alkanes of at least 4 members (excludes halogenated alkanes) is 1. The Morgan fingerprint density at radius 1 is 0.960 bits per heavy atom. The van der Waals surface area contributed by atoms with E-state index in [1.807, 2.05) is 18.2 Å². The highest BCUT2D eigenvalue weighted by Gasteiger charge is 2.05. The molecule has 0 aliphatic carbocycles. The van der Waals surface area contributed by atoms with Crippen LogP contribution in [0.25, 0.3) is 0 Å². The van der Waals surface area contributed by atoms with E-state index < -0.39 is 0 Å². The molecule has 142 valence electrons. The van der Waals surface area contributed by atoms with Gasteiger partial charge in [0.05, 0.1) is 27.4 Å². The smallest absolute Gasteiger partial charge is 0.191 e. The van der Waals surface area contributed by atoms with Crippen molar-refractivity contribution in [2.45, 2.75) is 19.4 Å². The van der Waals surface area contributed by atoms with E-state index in [0.717, 1.165) is 49.0 Å².